The van der Waals surface area contributed by atoms with Gasteiger partial charge in [0.25, 0.3) is 0 Å². The molecule has 39 heavy (non-hydrogen) atoms. The van der Waals surface area contributed by atoms with Gasteiger partial charge in [-0.2, -0.15) is 0 Å². The number of carboxylic acid groups (broad SMARTS) is 1. The molecule has 7 nitrogen and oxygen atoms in total. The van der Waals surface area contributed by atoms with E-state index in [1.165, 1.54) is 34.5 Å². The molecule has 9 heteroatoms. The minimum Gasteiger partial charge on any atom is -1.00 e. The van der Waals surface area contributed by atoms with Crippen LogP contribution in [0.15, 0.2) is 97.7 Å². The van der Waals surface area contributed by atoms with E-state index in [1.807, 2.05) is 73.3 Å². The monoisotopic (exact) mass is 718 g/mol. The van der Waals surface area contributed by atoms with Gasteiger partial charge in [0.05, 0.1) is 22.8 Å². The van der Waals surface area contributed by atoms with Gasteiger partial charge in [0, 0.05) is 31.0 Å². The molecule has 5 aromatic heterocycles. The third-order valence-electron chi connectivity index (χ3n) is 5.07. The molecule has 5 rings (SSSR count). The standard InChI is InChI=1S/2C12H12N2.C6H5NO2.ClH.Os/c2*1-9-3-5-13-11(7-9)12-8-10(2)4-6-14-12;8-6(9)5-3-1-2-4-7-5;;/h2*3-8H,1-2H3;1-4H,(H,8,9);1H;/q;;;;+6/p-1. The molecule has 0 unspecified atom stereocenters. The molecule has 0 aliphatic rings. The molecule has 0 aliphatic carbocycles. The van der Waals surface area contributed by atoms with Crippen LogP contribution in [0.3, 0.4) is 0 Å². The largest absolute Gasteiger partial charge is 6.00 e. The summed E-state index contributed by atoms with van der Waals surface area (Å²) in [6.07, 6.45) is 8.70. The van der Waals surface area contributed by atoms with Crippen molar-refractivity contribution >= 4 is 5.97 Å². The second-order valence-electron chi connectivity index (χ2n) is 8.39. The molecule has 0 saturated heterocycles. The Morgan fingerprint density at radius 2 is 0.872 bits per heavy atom. The number of aromatic carboxylic acids is 1. The topological polar surface area (TPSA) is 102 Å². The van der Waals surface area contributed by atoms with Gasteiger partial charge in [0.15, 0.2) is 0 Å². The molecule has 0 radical (unpaired) electrons. The zero-order valence-electron chi connectivity index (χ0n) is 22.1. The molecule has 0 saturated carbocycles. The van der Waals surface area contributed by atoms with Crippen molar-refractivity contribution < 1.29 is 42.1 Å². The van der Waals surface area contributed by atoms with E-state index in [-0.39, 0.29) is 37.9 Å². The summed E-state index contributed by atoms with van der Waals surface area (Å²) in [4.78, 5) is 30.9. The van der Waals surface area contributed by atoms with Crippen LogP contribution >= 0.6 is 0 Å². The Kier molecular flexibility index (Phi) is 14.4. The van der Waals surface area contributed by atoms with Crippen LogP contribution in [0.2, 0.25) is 0 Å². The van der Waals surface area contributed by atoms with Crippen molar-refractivity contribution in [2.45, 2.75) is 27.7 Å². The molecule has 0 amide bonds. The summed E-state index contributed by atoms with van der Waals surface area (Å²) in [5.41, 5.74) is 8.66. The Bertz CT molecular complexity index is 1290. The smallest absolute Gasteiger partial charge is 1.00 e. The van der Waals surface area contributed by atoms with Crippen molar-refractivity contribution in [2.75, 3.05) is 0 Å². The van der Waals surface area contributed by atoms with Crippen LogP contribution in [0.25, 0.3) is 22.8 Å². The third-order valence-corrected chi connectivity index (χ3v) is 5.07. The van der Waals surface area contributed by atoms with Crippen LogP contribution in [0.4, 0.5) is 0 Å². The van der Waals surface area contributed by atoms with Crippen LogP contribution < -0.4 is 12.4 Å². The number of rotatable bonds is 3. The predicted molar refractivity (Wildman–Crippen MR) is 145 cm³/mol. The SMILES string of the molecule is Cc1ccnc(-c2cc(C)ccn2)c1.Cc1ccnc(-c2cc(C)ccn2)c1.O=C(O)c1ccccn1.[Cl-].[Os+6]. The summed E-state index contributed by atoms with van der Waals surface area (Å²) in [6, 6.07) is 20.9. The fourth-order valence-electron chi connectivity index (χ4n) is 3.19. The summed E-state index contributed by atoms with van der Waals surface area (Å²) < 4.78 is 0. The van der Waals surface area contributed by atoms with E-state index in [0.29, 0.717) is 0 Å². The molecular formula is C30H29ClN5O2Os+5. The molecule has 0 aliphatic heterocycles. The van der Waals surface area contributed by atoms with E-state index in [9.17, 15) is 4.79 Å². The Labute approximate surface area is 248 Å². The van der Waals surface area contributed by atoms with Gasteiger partial charge in [0.2, 0.25) is 0 Å². The van der Waals surface area contributed by atoms with Crippen LogP contribution in [0.1, 0.15) is 32.7 Å². The van der Waals surface area contributed by atoms with Crippen molar-refractivity contribution in [3.8, 4) is 22.8 Å². The number of carbonyl (C=O) groups is 1. The second kappa shape index (κ2) is 16.9. The number of hydrogen-bond donors (Lipinski definition) is 1. The fraction of sp³-hybridized carbons (Fsp3) is 0.133. The molecule has 5 aromatic rings. The van der Waals surface area contributed by atoms with E-state index >= 15 is 0 Å². The van der Waals surface area contributed by atoms with Crippen LogP contribution in [0, 0.1) is 27.7 Å². The first-order valence-corrected chi connectivity index (χ1v) is 11.7. The van der Waals surface area contributed by atoms with Gasteiger partial charge < -0.3 is 17.5 Å². The van der Waals surface area contributed by atoms with Gasteiger partial charge in [-0.1, -0.05) is 6.07 Å². The molecule has 0 atom stereocenters. The maximum absolute atomic E-state index is 10.1. The van der Waals surface area contributed by atoms with Gasteiger partial charge in [-0.15, -0.1) is 0 Å². The van der Waals surface area contributed by atoms with E-state index in [1.54, 1.807) is 12.1 Å². The van der Waals surface area contributed by atoms with Crippen molar-refractivity contribution in [3.63, 3.8) is 0 Å². The number of pyridine rings is 5. The van der Waals surface area contributed by atoms with E-state index < -0.39 is 5.97 Å². The zero-order valence-corrected chi connectivity index (χ0v) is 25.4. The Hall–Kier alpha value is -3.85. The maximum Gasteiger partial charge on any atom is 6.00 e. The number of halogens is 1. The molecule has 0 fully saturated rings. The van der Waals surface area contributed by atoms with E-state index in [4.69, 9.17) is 5.11 Å². The number of nitrogens with zero attached hydrogens (tertiary/aromatic N) is 5. The van der Waals surface area contributed by atoms with Crippen molar-refractivity contribution in [2.24, 2.45) is 0 Å². The molecular weight excluding hydrogens is 688 g/mol. The van der Waals surface area contributed by atoms with Crippen molar-refractivity contribution in [3.05, 3.63) is 126 Å². The summed E-state index contributed by atoms with van der Waals surface area (Å²) in [6.45, 7) is 8.23. The number of carboxylic acids is 1. The number of aryl methyl sites for hydroxylation is 4. The normalized spacial score (nSPS) is 9.33. The van der Waals surface area contributed by atoms with E-state index in [2.05, 4.69) is 52.6 Å². The first-order chi connectivity index (χ1) is 17.8. The number of hydrogen-bond acceptors (Lipinski definition) is 6. The molecule has 5 heterocycles. The average molecular weight is 717 g/mol. The van der Waals surface area contributed by atoms with Crippen LogP contribution in [0.5, 0.6) is 0 Å². The molecule has 0 aromatic carbocycles. The van der Waals surface area contributed by atoms with Gasteiger partial charge in [-0.25, -0.2) is 9.78 Å². The predicted octanol–water partition coefficient (Wildman–Crippen LogP) is 3.30. The summed E-state index contributed by atoms with van der Waals surface area (Å²) in [5.74, 6) is -0.990. The molecule has 196 valence electrons. The first-order valence-electron chi connectivity index (χ1n) is 11.7. The summed E-state index contributed by atoms with van der Waals surface area (Å²) >= 11 is 0. The molecule has 0 bridgehead atoms. The summed E-state index contributed by atoms with van der Waals surface area (Å²) in [5, 5.41) is 8.32. The maximum atomic E-state index is 10.1. The average Bonchev–Trinajstić information content (AvgIpc) is 2.90. The number of aromatic nitrogens is 5. The third kappa shape index (κ3) is 11.2. The molecule has 0 spiro atoms. The summed E-state index contributed by atoms with van der Waals surface area (Å²) in [7, 11) is 0. The van der Waals surface area contributed by atoms with Crippen molar-refractivity contribution in [1.82, 2.24) is 24.9 Å². The Morgan fingerprint density at radius 1 is 0.538 bits per heavy atom. The van der Waals surface area contributed by atoms with Gasteiger partial charge in [-0.05, 0) is 111 Å². The van der Waals surface area contributed by atoms with Gasteiger partial charge >= 0.3 is 25.8 Å². The van der Waals surface area contributed by atoms with E-state index in [0.717, 1.165) is 22.8 Å². The van der Waals surface area contributed by atoms with Crippen LogP contribution in [-0.2, 0) is 19.8 Å². The fourth-order valence-corrected chi connectivity index (χ4v) is 3.19. The Balaban J connectivity index is 0.000000292. The minimum atomic E-state index is -0.990. The van der Waals surface area contributed by atoms with Crippen LogP contribution in [-0.4, -0.2) is 36.0 Å². The minimum absolute atomic E-state index is 0. The first kappa shape index (κ1) is 33.2. The van der Waals surface area contributed by atoms with Gasteiger partial charge in [-0.3, -0.25) is 19.9 Å². The second-order valence-corrected chi connectivity index (χ2v) is 8.39. The van der Waals surface area contributed by atoms with Gasteiger partial charge in [0.1, 0.15) is 5.69 Å². The van der Waals surface area contributed by atoms with Crippen molar-refractivity contribution in [1.29, 1.82) is 0 Å². The molecule has 1 N–H and O–H groups in total. The Morgan fingerprint density at radius 3 is 1.08 bits per heavy atom. The zero-order chi connectivity index (χ0) is 26.6. The quantitative estimate of drug-likeness (QED) is 0.306.